The minimum Gasteiger partial charge on any atom is -0.348 e. The van der Waals surface area contributed by atoms with Gasteiger partial charge < -0.3 is 10.2 Å². The number of likely N-dealkylation sites (N-methyl/N-ethyl adjacent to an activating group) is 1. The van der Waals surface area contributed by atoms with Crippen LogP contribution < -0.4 is 5.32 Å². The molecule has 0 aliphatic heterocycles. The highest BCUT2D eigenvalue weighted by molar-refractivity contribution is 5.77. The van der Waals surface area contributed by atoms with Gasteiger partial charge in [-0.3, -0.25) is 4.79 Å². The summed E-state index contributed by atoms with van der Waals surface area (Å²) < 4.78 is 0. The molecule has 3 heteroatoms. The molecule has 0 spiro atoms. The second-order valence-corrected chi connectivity index (χ2v) is 4.54. The molecule has 14 heavy (non-hydrogen) atoms. The van der Waals surface area contributed by atoms with Gasteiger partial charge in [-0.2, -0.15) is 0 Å². The van der Waals surface area contributed by atoms with Crippen molar-refractivity contribution in [3.63, 3.8) is 0 Å². The van der Waals surface area contributed by atoms with Gasteiger partial charge in [0, 0.05) is 20.1 Å². The van der Waals surface area contributed by atoms with Crippen LogP contribution in [-0.4, -0.2) is 37.5 Å². The fraction of sp³-hybridized carbons (Fsp3) is 0.909. The Kier molecular flexibility index (Phi) is 6.54. The molecule has 1 atom stereocenters. The van der Waals surface area contributed by atoms with E-state index in [1.54, 1.807) is 19.0 Å². The smallest absolute Gasteiger partial charge is 0.236 e. The first kappa shape index (κ1) is 13.4. The van der Waals surface area contributed by atoms with E-state index >= 15 is 0 Å². The summed E-state index contributed by atoms with van der Waals surface area (Å²) in [6.07, 6.45) is 2.35. The third kappa shape index (κ3) is 6.89. The van der Waals surface area contributed by atoms with Gasteiger partial charge in [-0.25, -0.2) is 0 Å². The highest BCUT2D eigenvalue weighted by atomic mass is 16.2. The normalized spacial score (nSPS) is 13.0. The van der Waals surface area contributed by atoms with E-state index in [2.05, 4.69) is 26.1 Å². The van der Waals surface area contributed by atoms with Crippen molar-refractivity contribution in [1.82, 2.24) is 10.2 Å². The number of rotatable bonds is 6. The summed E-state index contributed by atoms with van der Waals surface area (Å²) in [4.78, 5) is 12.9. The third-order valence-electron chi connectivity index (χ3n) is 2.28. The lowest BCUT2D eigenvalue weighted by Gasteiger charge is -2.16. The van der Waals surface area contributed by atoms with Crippen LogP contribution in [0.1, 0.15) is 33.6 Å². The second kappa shape index (κ2) is 6.82. The molecule has 0 rings (SSSR count). The number of hydrogen-bond acceptors (Lipinski definition) is 2. The van der Waals surface area contributed by atoms with Gasteiger partial charge in [0.1, 0.15) is 0 Å². The number of nitrogens with zero attached hydrogens (tertiary/aromatic N) is 1. The predicted octanol–water partition coefficient (Wildman–Crippen LogP) is 1.49. The molecule has 3 nitrogen and oxygen atoms in total. The van der Waals surface area contributed by atoms with Crippen molar-refractivity contribution in [2.45, 2.75) is 39.7 Å². The zero-order valence-electron chi connectivity index (χ0n) is 10.1. The Morgan fingerprint density at radius 2 is 1.79 bits per heavy atom. The molecular weight excluding hydrogens is 176 g/mol. The lowest BCUT2D eigenvalue weighted by Crippen LogP contribution is -2.37. The third-order valence-corrected chi connectivity index (χ3v) is 2.28. The van der Waals surface area contributed by atoms with Crippen molar-refractivity contribution in [3.8, 4) is 0 Å². The molecule has 0 aliphatic rings. The average Bonchev–Trinajstić information content (AvgIpc) is 2.10. The number of amides is 1. The lowest BCUT2D eigenvalue weighted by molar-refractivity contribution is -0.127. The highest BCUT2D eigenvalue weighted by Gasteiger charge is 2.07. The Hall–Kier alpha value is -0.570. The quantitative estimate of drug-likeness (QED) is 0.704. The SMILES string of the molecule is CC(C)CC[C@H](C)NCC(=O)N(C)C. The van der Waals surface area contributed by atoms with Gasteiger partial charge in [0.25, 0.3) is 0 Å². The molecule has 0 aromatic rings. The Labute approximate surface area is 87.9 Å². The van der Waals surface area contributed by atoms with Crippen molar-refractivity contribution in [1.29, 1.82) is 0 Å². The van der Waals surface area contributed by atoms with E-state index in [1.807, 2.05) is 0 Å². The predicted molar refractivity (Wildman–Crippen MR) is 60.2 cm³/mol. The van der Waals surface area contributed by atoms with Gasteiger partial charge in [0.15, 0.2) is 0 Å². The molecule has 0 unspecified atom stereocenters. The Morgan fingerprint density at radius 1 is 1.21 bits per heavy atom. The number of nitrogens with one attached hydrogen (secondary N) is 1. The molecule has 0 heterocycles. The highest BCUT2D eigenvalue weighted by Crippen LogP contribution is 2.05. The summed E-state index contributed by atoms with van der Waals surface area (Å²) in [6, 6.07) is 0.432. The zero-order valence-corrected chi connectivity index (χ0v) is 10.1. The van der Waals surface area contributed by atoms with Crippen molar-refractivity contribution in [2.24, 2.45) is 5.92 Å². The van der Waals surface area contributed by atoms with E-state index in [1.165, 1.54) is 6.42 Å². The van der Waals surface area contributed by atoms with Crippen molar-refractivity contribution >= 4 is 5.91 Å². The second-order valence-electron chi connectivity index (χ2n) is 4.54. The fourth-order valence-electron chi connectivity index (χ4n) is 1.11. The molecule has 0 aliphatic carbocycles. The van der Waals surface area contributed by atoms with Gasteiger partial charge in [0.05, 0.1) is 6.54 Å². The molecule has 1 amide bonds. The molecule has 0 bridgehead atoms. The summed E-state index contributed by atoms with van der Waals surface area (Å²) in [5.41, 5.74) is 0. The topological polar surface area (TPSA) is 32.3 Å². The van der Waals surface area contributed by atoms with E-state index < -0.39 is 0 Å². The van der Waals surface area contributed by atoms with Crippen LogP contribution in [0.15, 0.2) is 0 Å². The van der Waals surface area contributed by atoms with Crippen LogP contribution in [0.2, 0.25) is 0 Å². The number of carbonyl (C=O) groups excluding carboxylic acids is 1. The van der Waals surface area contributed by atoms with Gasteiger partial charge in [-0.15, -0.1) is 0 Å². The van der Waals surface area contributed by atoms with Crippen LogP contribution in [-0.2, 0) is 4.79 Å². The summed E-state index contributed by atoms with van der Waals surface area (Å²) in [7, 11) is 3.56. The number of carbonyl (C=O) groups is 1. The minimum atomic E-state index is 0.140. The molecule has 0 saturated heterocycles. The maximum atomic E-state index is 11.2. The minimum absolute atomic E-state index is 0.140. The van der Waals surface area contributed by atoms with Gasteiger partial charge >= 0.3 is 0 Å². The number of hydrogen-bond donors (Lipinski definition) is 1. The maximum Gasteiger partial charge on any atom is 0.236 e. The first-order valence-corrected chi connectivity index (χ1v) is 5.37. The van der Waals surface area contributed by atoms with E-state index in [9.17, 15) is 4.79 Å². The van der Waals surface area contributed by atoms with Gasteiger partial charge in [0.2, 0.25) is 5.91 Å². The molecule has 0 fully saturated rings. The maximum absolute atomic E-state index is 11.2. The largest absolute Gasteiger partial charge is 0.348 e. The van der Waals surface area contributed by atoms with Crippen LogP contribution in [0.3, 0.4) is 0 Å². The summed E-state index contributed by atoms with van der Waals surface area (Å²) in [5.74, 6) is 0.880. The molecule has 0 saturated carbocycles. The van der Waals surface area contributed by atoms with Crippen LogP contribution in [0, 0.1) is 5.92 Å². The molecule has 84 valence electrons. The molecule has 0 aromatic heterocycles. The summed E-state index contributed by atoms with van der Waals surface area (Å²) >= 11 is 0. The molecular formula is C11H24N2O. The first-order chi connectivity index (χ1) is 6.43. The Bertz CT molecular complexity index is 167. The van der Waals surface area contributed by atoms with Crippen LogP contribution in [0.25, 0.3) is 0 Å². The standard InChI is InChI=1S/C11H24N2O/c1-9(2)6-7-10(3)12-8-11(14)13(4)5/h9-10,12H,6-8H2,1-5H3/t10-/m0/s1. The van der Waals surface area contributed by atoms with E-state index in [0.29, 0.717) is 12.6 Å². The van der Waals surface area contributed by atoms with Crippen LogP contribution >= 0.6 is 0 Å². The van der Waals surface area contributed by atoms with Crippen LogP contribution in [0.5, 0.6) is 0 Å². The van der Waals surface area contributed by atoms with E-state index in [4.69, 9.17) is 0 Å². The molecule has 1 N–H and O–H groups in total. The Balaban J connectivity index is 3.53. The van der Waals surface area contributed by atoms with E-state index in [0.717, 1.165) is 12.3 Å². The monoisotopic (exact) mass is 200 g/mol. The van der Waals surface area contributed by atoms with Crippen LogP contribution in [0.4, 0.5) is 0 Å². The van der Waals surface area contributed by atoms with E-state index in [-0.39, 0.29) is 5.91 Å². The fourth-order valence-corrected chi connectivity index (χ4v) is 1.11. The van der Waals surface area contributed by atoms with Crippen molar-refractivity contribution in [2.75, 3.05) is 20.6 Å². The van der Waals surface area contributed by atoms with Gasteiger partial charge in [-0.05, 0) is 25.7 Å². The van der Waals surface area contributed by atoms with Gasteiger partial charge in [-0.1, -0.05) is 13.8 Å². The molecule has 0 radical (unpaired) electrons. The summed E-state index contributed by atoms with van der Waals surface area (Å²) in [5, 5.41) is 3.23. The van der Waals surface area contributed by atoms with Crippen molar-refractivity contribution in [3.05, 3.63) is 0 Å². The van der Waals surface area contributed by atoms with Crippen molar-refractivity contribution < 1.29 is 4.79 Å². The Morgan fingerprint density at radius 3 is 2.21 bits per heavy atom. The summed E-state index contributed by atoms with van der Waals surface area (Å²) in [6.45, 7) is 7.02. The lowest BCUT2D eigenvalue weighted by atomic mass is 10.0. The molecule has 0 aromatic carbocycles. The average molecular weight is 200 g/mol. The first-order valence-electron chi connectivity index (χ1n) is 5.37. The zero-order chi connectivity index (χ0) is 11.1.